The van der Waals surface area contributed by atoms with E-state index in [0.717, 1.165) is 16.3 Å². The molecule has 0 aliphatic carbocycles. The summed E-state index contributed by atoms with van der Waals surface area (Å²) in [4.78, 5) is 37.2. The maximum absolute atomic E-state index is 12.7. The predicted molar refractivity (Wildman–Crippen MR) is 137 cm³/mol. The predicted octanol–water partition coefficient (Wildman–Crippen LogP) is 4.46. The number of esters is 1. The van der Waals surface area contributed by atoms with E-state index in [1.807, 2.05) is 49.4 Å². The van der Waals surface area contributed by atoms with Gasteiger partial charge in [0.15, 0.2) is 0 Å². The number of hydrogen-bond acceptors (Lipinski definition) is 6. The van der Waals surface area contributed by atoms with Gasteiger partial charge in [0.2, 0.25) is 0 Å². The lowest BCUT2D eigenvalue weighted by atomic mass is 10.0. The van der Waals surface area contributed by atoms with Crippen molar-refractivity contribution in [2.75, 3.05) is 12.4 Å². The molecular formula is C28H23N3O5. The van der Waals surface area contributed by atoms with Crippen molar-refractivity contribution in [3.8, 4) is 11.5 Å². The molecule has 8 nitrogen and oxygen atoms in total. The number of carbonyl (C=O) groups is 3. The van der Waals surface area contributed by atoms with Crippen LogP contribution in [0.2, 0.25) is 0 Å². The standard InChI is InChI=1S/C28H23N3O5/c1-18-7-12-21(13-8-18)30-26(32)27(33)31-29-17-24-23-6-4-3-5-19(23)11-16-25(24)36-28(34)20-9-14-22(35-2)15-10-20/h3-17H,1-2H3,(H,30,32)(H,31,33). The smallest absolute Gasteiger partial charge is 0.343 e. The van der Waals surface area contributed by atoms with Gasteiger partial charge >= 0.3 is 17.8 Å². The van der Waals surface area contributed by atoms with Crippen LogP contribution in [-0.4, -0.2) is 31.1 Å². The molecule has 0 fully saturated rings. The minimum Gasteiger partial charge on any atom is -0.497 e. The summed E-state index contributed by atoms with van der Waals surface area (Å²) in [5.74, 6) is -1.50. The molecule has 0 spiro atoms. The Kier molecular flexibility index (Phi) is 7.36. The Morgan fingerprint density at radius 1 is 0.833 bits per heavy atom. The van der Waals surface area contributed by atoms with Gasteiger partial charge in [0, 0.05) is 11.3 Å². The number of anilines is 1. The highest BCUT2D eigenvalue weighted by molar-refractivity contribution is 6.39. The van der Waals surface area contributed by atoms with E-state index in [1.54, 1.807) is 49.6 Å². The number of nitrogens with zero attached hydrogens (tertiary/aromatic N) is 1. The van der Waals surface area contributed by atoms with Crippen LogP contribution in [0.5, 0.6) is 11.5 Å². The molecule has 0 aliphatic heterocycles. The molecule has 4 aromatic carbocycles. The van der Waals surface area contributed by atoms with E-state index >= 15 is 0 Å². The first-order valence-electron chi connectivity index (χ1n) is 11.0. The SMILES string of the molecule is COc1ccc(C(=O)Oc2ccc3ccccc3c2C=NNC(=O)C(=O)Nc2ccc(C)cc2)cc1. The normalized spacial score (nSPS) is 10.7. The van der Waals surface area contributed by atoms with Gasteiger partial charge in [-0.25, -0.2) is 10.2 Å². The molecule has 180 valence electrons. The zero-order valence-electron chi connectivity index (χ0n) is 19.6. The van der Waals surface area contributed by atoms with E-state index in [2.05, 4.69) is 15.8 Å². The number of hydrazone groups is 1. The monoisotopic (exact) mass is 481 g/mol. The highest BCUT2D eigenvalue weighted by Gasteiger charge is 2.15. The number of ether oxygens (including phenoxy) is 2. The van der Waals surface area contributed by atoms with Crippen molar-refractivity contribution >= 4 is 40.5 Å². The van der Waals surface area contributed by atoms with Crippen LogP contribution in [-0.2, 0) is 9.59 Å². The molecule has 4 rings (SSSR count). The van der Waals surface area contributed by atoms with Crippen molar-refractivity contribution in [3.05, 3.63) is 102 Å². The second-order valence-electron chi connectivity index (χ2n) is 7.84. The van der Waals surface area contributed by atoms with Gasteiger partial charge < -0.3 is 14.8 Å². The van der Waals surface area contributed by atoms with Gasteiger partial charge in [0.25, 0.3) is 0 Å². The first kappa shape index (κ1) is 24.2. The minimum absolute atomic E-state index is 0.247. The molecule has 8 heteroatoms. The van der Waals surface area contributed by atoms with Gasteiger partial charge in [-0.3, -0.25) is 9.59 Å². The fraction of sp³-hybridized carbons (Fsp3) is 0.0714. The van der Waals surface area contributed by atoms with Crippen molar-refractivity contribution < 1.29 is 23.9 Å². The molecule has 0 atom stereocenters. The minimum atomic E-state index is -0.941. The van der Waals surface area contributed by atoms with E-state index in [0.29, 0.717) is 22.6 Å². The summed E-state index contributed by atoms with van der Waals surface area (Å²) in [7, 11) is 1.54. The number of nitrogens with one attached hydrogen (secondary N) is 2. The average molecular weight is 482 g/mol. The van der Waals surface area contributed by atoms with Crippen molar-refractivity contribution in [2.45, 2.75) is 6.92 Å². The highest BCUT2D eigenvalue weighted by Crippen LogP contribution is 2.27. The first-order valence-corrected chi connectivity index (χ1v) is 11.0. The summed E-state index contributed by atoms with van der Waals surface area (Å²) in [6.07, 6.45) is 1.34. The quantitative estimate of drug-likeness (QED) is 0.139. The van der Waals surface area contributed by atoms with Gasteiger partial charge in [0.05, 0.1) is 18.9 Å². The number of hydrogen-bond donors (Lipinski definition) is 2. The molecule has 0 bridgehead atoms. The molecule has 0 saturated heterocycles. The molecular weight excluding hydrogens is 458 g/mol. The van der Waals surface area contributed by atoms with Crippen LogP contribution in [0.4, 0.5) is 5.69 Å². The molecule has 0 saturated carbocycles. The lowest BCUT2D eigenvalue weighted by Gasteiger charge is -2.11. The number of carbonyl (C=O) groups excluding carboxylic acids is 3. The van der Waals surface area contributed by atoms with E-state index in [9.17, 15) is 14.4 Å². The highest BCUT2D eigenvalue weighted by atomic mass is 16.5. The Bertz CT molecular complexity index is 1440. The van der Waals surface area contributed by atoms with Gasteiger partial charge in [-0.2, -0.15) is 5.10 Å². The largest absolute Gasteiger partial charge is 0.497 e. The summed E-state index contributed by atoms with van der Waals surface area (Å²) < 4.78 is 10.8. The topological polar surface area (TPSA) is 106 Å². The Balaban J connectivity index is 1.52. The molecule has 0 radical (unpaired) electrons. The van der Waals surface area contributed by atoms with Crippen LogP contribution in [0.3, 0.4) is 0 Å². The van der Waals surface area contributed by atoms with E-state index < -0.39 is 17.8 Å². The van der Waals surface area contributed by atoms with E-state index in [4.69, 9.17) is 9.47 Å². The van der Waals surface area contributed by atoms with Gasteiger partial charge in [-0.1, -0.05) is 48.0 Å². The summed E-state index contributed by atoms with van der Waals surface area (Å²) in [6.45, 7) is 1.92. The number of fused-ring (bicyclic) bond motifs is 1. The number of benzene rings is 4. The van der Waals surface area contributed by atoms with Crippen molar-refractivity contribution in [1.29, 1.82) is 0 Å². The second kappa shape index (κ2) is 11.0. The van der Waals surface area contributed by atoms with Gasteiger partial charge in [-0.05, 0) is 60.2 Å². The third kappa shape index (κ3) is 5.74. The van der Waals surface area contributed by atoms with Crippen molar-refractivity contribution in [2.24, 2.45) is 5.10 Å². The molecule has 0 aliphatic rings. The van der Waals surface area contributed by atoms with Crippen LogP contribution >= 0.6 is 0 Å². The fourth-order valence-electron chi connectivity index (χ4n) is 3.41. The van der Waals surface area contributed by atoms with Crippen LogP contribution in [0.25, 0.3) is 10.8 Å². The molecule has 0 heterocycles. The van der Waals surface area contributed by atoms with E-state index in [-0.39, 0.29) is 5.75 Å². The number of amides is 2. The van der Waals surface area contributed by atoms with Crippen LogP contribution in [0.1, 0.15) is 21.5 Å². The Morgan fingerprint density at radius 3 is 2.28 bits per heavy atom. The fourth-order valence-corrected chi connectivity index (χ4v) is 3.41. The third-order valence-corrected chi connectivity index (χ3v) is 5.33. The van der Waals surface area contributed by atoms with E-state index in [1.165, 1.54) is 6.21 Å². The molecule has 4 aromatic rings. The average Bonchev–Trinajstić information content (AvgIpc) is 2.90. The summed E-state index contributed by atoms with van der Waals surface area (Å²) >= 11 is 0. The Labute approximate surface area is 207 Å². The molecule has 0 aromatic heterocycles. The zero-order valence-corrected chi connectivity index (χ0v) is 19.6. The number of rotatable bonds is 6. The van der Waals surface area contributed by atoms with Crippen molar-refractivity contribution in [1.82, 2.24) is 5.43 Å². The Hall–Kier alpha value is -4.98. The molecule has 36 heavy (non-hydrogen) atoms. The maximum atomic E-state index is 12.7. The van der Waals surface area contributed by atoms with Crippen LogP contribution in [0, 0.1) is 6.92 Å². The maximum Gasteiger partial charge on any atom is 0.343 e. The molecule has 0 unspecified atom stereocenters. The Morgan fingerprint density at radius 2 is 1.56 bits per heavy atom. The second-order valence-corrected chi connectivity index (χ2v) is 7.84. The molecule has 2 amide bonds. The van der Waals surface area contributed by atoms with Crippen LogP contribution < -0.4 is 20.2 Å². The van der Waals surface area contributed by atoms with Crippen molar-refractivity contribution in [3.63, 3.8) is 0 Å². The molecule has 2 N–H and O–H groups in total. The number of aryl methyl sites for hydroxylation is 1. The van der Waals surface area contributed by atoms with Crippen LogP contribution in [0.15, 0.2) is 90.0 Å². The van der Waals surface area contributed by atoms with Gasteiger partial charge in [-0.15, -0.1) is 0 Å². The lowest BCUT2D eigenvalue weighted by molar-refractivity contribution is -0.136. The third-order valence-electron chi connectivity index (χ3n) is 5.33. The summed E-state index contributed by atoms with van der Waals surface area (Å²) in [5, 5.41) is 8.08. The van der Waals surface area contributed by atoms with Gasteiger partial charge in [0.1, 0.15) is 11.5 Å². The number of methoxy groups -OCH3 is 1. The lowest BCUT2D eigenvalue weighted by Crippen LogP contribution is -2.32. The first-order chi connectivity index (χ1) is 17.4. The summed E-state index contributed by atoms with van der Waals surface area (Å²) in [5.41, 5.74) is 4.54. The zero-order chi connectivity index (χ0) is 25.5. The summed E-state index contributed by atoms with van der Waals surface area (Å²) in [6, 6.07) is 24.5.